The van der Waals surface area contributed by atoms with E-state index in [9.17, 15) is 0 Å². The largest absolute Gasteiger partial charge is 0.494 e. The second kappa shape index (κ2) is 29.5. The van der Waals surface area contributed by atoms with E-state index in [0.29, 0.717) is 13.2 Å². The maximum Gasteiger partial charge on any atom is 0.163 e. The van der Waals surface area contributed by atoms with Crippen LogP contribution in [0, 0.1) is 11.8 Å². The highest BCUT2D eigenvalue weighted by molar-refractivity contribution is 7.16. The van der Waals surface area contributed by atoms with Crippen molar-refractivity contribution in [3.8, 4) is 45.3 Å². The second-order valence-electron chi connectivity index (χ2n) is 15.6. The number of hydrogen-bond acceptors (Lipinski definition) is 6. The van der Waals surface area contributed by atoms with Crippen LogP contribution in [0.3, 0.4) is 0 Å². The van der Waals surface area contributed by atoms with Gasteiger partial charge in [0.1, 0.15) is 11.4 Å². The fourth-order valence-corrected chi connectivity index (χ4v) is 7.76. The Morgan fingerprint density at radius 2 is 1.02 bits per heavy atom. The topological polar surface area (TPSA) is 58.4 Å². The summed E-state index contributed by atoms with van der Waals surface area (Å²) in [5, 5.41) is 9.02. The maximum atomic E-state index is 6.38. The molecule has 0 spiro atoms. The maximum absolute atomic E-state index is 6.38. The van der Waals surface area contributed by atoms with Crippen LogP contribution in [0.25, 0.3) is 16.3 Å². The van der Waals surface area contributed by atoms with Crippen LogP contribution in [0.4, 0.5) is 0 Å². The molecule has 2 aromatic heterocycles. The first-order chi connectivity index (χ1) is 28.2. The van der Waals surface area contributed by atoms with E-state index in [1.165, 1.54) is 135 Å². The molecule has 0 bridgehead atoms. The van der Waals surface area contributed by atoms with E-state index in [2.05, 4.69) is 55.1 Å². The zero-order valence-electron chi connectivity index (χ0n) is 35.8. The Balaban J connectivity index is 1.27. The van der Waals surface area contributed by atoms with Crippen molar-refractivity contribution in [2.75, 3.05) is 19.8 Å². The summed E-state index contributed by atoms with van der Waals surface area (Å²) in [5.41, 5.74) is 2.70. The van der Waals surface area contributed by atoms with Crippen molar-refractivity contribution in [3.05, 3.63) is 71.2 Å². The quantitative estimate of drug-likeness (QED) is 0.0364. The molecule has 0 saturated heterocycles. The van der Waals surface area contributed by atoms with Gasteiger partial charge in [0, 0.05) is 11.6 Å². The van der Waals surface area contributed by atoms with Gasteiger partial charge in [0.2, 0.25) is 0 Å². The zero-order valence-corrected chi connectivity index (χ0v) is 36.7. The van der Waals surface area contributed by atoms with Crippen LogP contribution in [0.1, 0.15) is 185 Å². The van der Waals surface area contributed by atoms with Gasteiger partial charge >= 0.3 is 0 Å². The Morgan fingerprint density at radius 3 is 1.58 bits per heavy atom. The van der Waals surface area contributed by atoms with Gasteiger partial charge in [-0.25, -0.2) is 4.68 Å². The Bertz CT molecular complexity index is 1670. The van der Waals surface area contributed by atoms with Gasteiger partial charge in [0.25, 0.3) is 0 Å². The van der Waals surface area contributed by atoms with Crippen molar-refractivity contribution in [2.45, 2.75) is 175 Å². The average molecular weight is 796 g/mol. The van der Waals surface area contributed by atoms with E-state index < -0.39 is 0 Å². The lowest BCUT2D eigenvalue weighted by atomic mass is 10.1. The molecular formula is C50H73N3O3S. The number of nitrogens with zero attached hydrogens (tertiary/aromatic N) is 3. The molecule has 0 aliphatic rings. The third-order valence-electron chi connectivity index (χ3n) is 10.5. The van der Waals surface area contributed by atoms with Gasteiger partial charge in [-0.1, -0.05) is 173 Å². The lowest BCUT2D eigenvalue weighted by Gasteiger charge is -2.14. The lowest BCUT2D eigenvalue weighted by Crippen LogP contribution is -2.04. The molecule has 0 saturated carbocycles. The highest BCUT2D eigenvalue weighted by Gasteiger charge is 2.12. The third-order valence-corrected chi connectivity index (χ3v) is 11.5. The zero-order chi connectivity index (χ0) is 40.0. The first-order valence-electron chi connectivity index (χ1n) is 22.9. The SMILES string of the molecule is CCCCCCCCCCOc1ccc(C#Cc2ccc(-c3cn(-c4ccc(OCCCCCCCCCC)c(OCCCCCCCCCC)c4)nn3)s2)cc1. The summed E-state index contributed by atoms with van der Waals surface area (Å²) in [5.74, 6) is 9.14. The van der Waals surface area contributed by atoms with Gasteiger partial charge in [-0.2, -0.15) is 0 Å². The van der Waals surface area contributed by atoms with Gasteiger partial charge in [-0.05, 0) is 67.8 Å². The number of unbranched alkanes of at least 4 members (excludes halogenated alkanes) is 21. The molecule has 2 heterocycles. The normalized spacial score (nSPS) is 11.1. The molecule has 0 aliphatic heterocycles. The van der Waals surface area contributed by atoms with Crippen LogP contribution >= 0.6 is 11.3 Å². The van der Waals surface area contributed by atoms with Crippen LogP contribution < -0.4 is 14.2 Å². The highest BCUT2D eigenvalue weighted by atomic mass is 32.1. The molecule has 6 nitrogen and oxygen atoms in total. The number of rotatable bonds is 32. The van der Waals surface area contributed by atoms with Crippen LogP contribution in [0.5, 0.6) is 17.2 Å². The fourth-order valence-electron chi connectivity index (χ4n) is 6.95. The molecule has 0 N–H and O–H groups in total. The highest BCUT2D eigenvalue weighted by Crippen LogP contribution is 2.32. The van der Waals surface area contributed by atoms with E-state index in [4.69, 9.17) is 14.2 Å². The molecule has 312 valence electrons. The summed E-state index contributed by atoms with van der Waals surface area (Å²) in [7, 11) is 0. The van der Waals surface area contributed by atoms with Gasteiger partial charge in [-0.3, -0.25) is 0 Å². The van der Waals surface area contributed by atoms with E-state index in [0.717, 1.165) is 69.8 Å². The molecule has 0 aliphatic carbocycles. The van der Waals surface area contributed by atoms with Crippen molar-refractivity contribution in [1.29, 1.82) is 0 Å². The number of ether oxygens (including phenoxy) is 3. The second-order valence-corrected chi connectivity index (χ2v) is 16.7. The number of hydrogen-bond donors (Lipinski definition) is 0. The molecule has 57 heavy (non-hydrogen) atoms. The van der Waals surface area contributed by atoms with E-state index in [1.54, 1.807) is 11.3 Å². The first-order valence-corrected chi connectivity index (χ1v) is 23.7. The van der Waals surface area contributed by atoms with Gasteiger partial charge < -0.3 is 14.2 Å². The molecular weight excluding hydrogens is 723 g/mol. The summed E-state index contributed by atoms with van der Waals surface area (Å²) in [6.07, 6.45) is 32.8. The standard InChI is InChI=1S/C50H73N3O3S/c1-4-7-10-13-16-19-22-25-38-54-45-32-28-43(29-33-45)30-34-46-35-37-50(57-46)47-42-53(52-51-47)44-31-36-48(55-39-26-23-20-17-14-11-8-5-2)49(41-44)56-40-27-24-21-18-15-12-9-6-3/h28-29,31-33,35-37,41-42H,4-27,38-40H2,1-3H3. The molecule has 0 radical (unpaired) electrons. The minimum atomic E-state index is 0.686. The van der Waals surface area contributed by atoms with Crippen LogP contribution in [-0.4, -0.2) is 34.8 Å². The van der Waals surface area contributed by atoms with Crippen molar-refractivity contribution in [1.82, 2.24) is 15.0 Å². The molecule has 2 aromatic carbocycles. The number of thiophene rings is 1. The fraction of sp³-hybridized carbons (Fsp3) is 0.600. The average Bonchev–Trinajstić information content (AvgIpc) is 3.93. The first kappa shape index (κ1) is 45.9. The monoisotopic (exact) mass is 796 g/mol. The minimum Gasteiger partial charge on any atom is -0.494 e. The van der Waals surface area contributed by atoms with Crippen molar-refractivity contribution in [3.63, 3.8) is 0 Å². The van der Waals surface area contributed by atoms with Crippen LogP contribution in [-0.2, 0) is 0 Å². The predicted octanol–water partition coefficient (Wildman–Crippen LogP) is 15.0. The number of aromatic nitrogens is 3. The molecule has 0 unspecified atom stereocenters. The van der Waals surface area contributed by atoms with Crippen molar-refractivity contribution in [2.24, 2.45) is 0 Å². The Hall–Kier alpha value is -3.76. The molecule has 4 aromatic rings. The molecule has 0 atom stereocenters. The summed E-state index contributed by atoms with van der Waals surface area (Å²) >= 11 is 1.63. The molecule has 7 heteroatoms. The Labute approximate surface area is 350 Å². The van der Waals surface area contributed by atoms with Crippen LogP contribution in [0.2, 0.25) is 0 Å². The Kier molecular flexibility index (Phi) is 23.7. The minimum absolute atomic E-state index is 0.686. The summed E-state index contributed by atoms with van der Waals surface area (Å²) in [6.45, 7) is 8.98. The molecule has 0 fully saturated rings. The van der Waals surface area contributed by atoms with Gasteiger partial charge in [0.05, 0.1) is 41.5 Å². The summed E-state index contributed by atoms with van der Waals surface area (Å²) < 4.78 is 20.5. The van der Waals surface area contributed by atoms with Gasteiger partial charge in [0.15, 0.2) is 11.5 Å². The van der Waals surface area contributed by atoms with E-state index in [-0.39, 0.29) is 0 Å². The van der Waals surface area contributed by atoms with Gasteiger partial charge in [-0.15, -0.1) is 16.4 Å². The van der Waals surface area contributed by atoms with Crippen molar-refractivity contribution >= 4 is 11.3 Å². The molecule has 4 rings (SSSR count). The lowest BCUT2D eigenvalue weighted by molar-refractivity contribution is 0.258. The van der Waals surface area contributed by atoms with Crippen LogP contribution in [0.15, 0.2) is 60.8 Å². The van der Waals surface area contributed by atoms with E-state index in [1.807, 2.05) is 53.3 Å². The smallest absolute Gasteiger partial charge is 0.163 e. The number of benzene rings is 2. The van der Waals surface area contributed by atoms with E-state index >= 15 is 0 Å². The predicted molar refractivity (Wildman–Crippen MR) is 241 cm³/mol. The summed E-state index contributed by atoms with van der Waals surface area (Å²) in [6, 6.07) is 18.4. The Morgan fingerprint density at radius 1 is 0.509 bits per heavy atom. The summed E-state index contributed by atoms with van der Waals surface area (Å²) in [4.78, 5) is 2.02. The molecule has 0 amide bonds. The van der Waals surface area contributed by atoms with Crippen molar-refractivity contribution < 1.29 is 14.2 Å². The third kappa shape index (κ3) is 19.0.